The Hall–Kier alpha value is -1.38. The fourth-order valence-corrected chi connectivity index (χ4v) is 3.91. The first-order valence-corrected chi connectivity index (χ1v) is 8.20. The van der Waals surface area contributed by atoms with E-state index >= 15 is 0 Å². The quantitative estimate of drug-likeness (QED) is 0.914. The highest BCUT2D eigenvalue weighted by Gasteiger charge is 2.34. The smallest absolute Gasteiger partial charge is 0.0476 e. The van der Waals surface area contributed by atoms with Crippen LogP contribution < -0.4 is 5.73 Å². The van der Waals surface area contributed by atoms with Crippen LogP contribution in [0.5, 0.6) is 0 Å². The Morgan fingerprint density at radius 1 is 1.14 bits per heavy atom. The zero-order chi connectivity index (χ0) is 14.8. The lowest BCUT2D eigenvalue weighted by atomic mass is 9.99. The van der Waals surface area contributed by atoms with Crippen molar-refractivity contribution in [1.29, 1.82) is 0 Å². The molecular weight excluding hydrogens is 256 g/mol. The second kappa shape index (κ2) is 6.17. The average molecular weight is 282 g/mol. The minimum Gasteiger partial charge on any atom is -0.329 e. The monoisotopic (exact) mass is 282 g/mol. The molecule has 1 saturated heterocycles. The summed E-state index contributed by atoms with van der Waals surface area (Å²) in [5, 5.41) is 2.62. The standard InChI is InChI=1S/C19H26N2/c1-3-18-11-8-14(2)21(18)19(13-20)17-10-9-15-6-4-5-7-16(15)12-17/h4-7,9-10,12,14,18-19H,3,8,11,13,20H2,1-2H3. The van der Waals surface area contributed by atoms with Gasteiger partial charge in [-0.15, -0.1) is 0 Å². The molecule has 0 saturated carbocycles. The lowest BCUT2D eigenvalue weighted by Gasteiger charge is -2.36. The van der Waals surface area contributed by atoms with Gasteiger partial charge < -0.3 is 5.73 Å². The fraction of sp³-hybridized carbons (Fsp3) is 0.474. The van der Waals surface area contributed by atoms with Gasteiger partial charge in [0.15, 0.2) is 0 Å². The van der Waals surface area contributed by atoms with Gasteiger partial charge in [0.1, 0.15) is 0 Å². The van der Waals surface area contributed by atoms with E-state index in [2.05, 4.69) is 61.2 Å². The molecule has 2 aromatic carbocycles. The van der Waals surface area contributed by atoms with E-state index in [1.54, 1.807) is 0 Å². The Morgan fingerprint density at radius 2 is 1.90 bits per heavy atom. The first-order valence-electron chi connectivity index (χ1n) is 8.20. The molecule has 2 N–H and O–H groups in total. The summed E-state index contributed by atoms with van der Waals surface area (Å²) in [6.07, 6.45) is 3.82. The third-order valence-electron chi connectivity index (χ3n) is 5.06. The van der Waals surface area contributed by atoms with Gasteiger partial charge in [0, 0.05) is 24.7 Å². The van der Waals surface area contributed by atoms with Gasteiger partial charge in [0.2, 0.25) is 0 Å². The van der Waals surface area contributed by atoms with Gasteiger partial charge in [0.25, 0.3) is 0 Å². The highest BCUT2D eigenvalue weighted by molar-refractivity contribution is 5.83. The van der Waals surface area contributed by atoms with Crippen molar-refractivity contribution in [3.05, 3.63) is 48.0 Å². The molecule has 3 rings (SSSR count). The molecule has 3 atom stereocenters. The van der Waals surface area contributed by atoms with E-state index in [0.717, 1.165) is 0 Å². The Kier molecular flexibility index (Phi) is 4.27. The zero-order valence-corrected chi connectivity index (χ0v) is 13.1. The predicted octanol–water partition coefficient (Wildman–Crippen LogP) is 4.10. The minimum absolute atomic E-state index is 0.344. The Balaban J connectivity index is 1.97. The highest BCUT2D eigenvalue weighted by Crippen LogP contribution is 2.35. The van der Waals surface area contributed by atoms with E-state index in [4.69, 9.17) is 5.73 Å². The molecule has 0 spiro atoms. The Bertz CT molecular complexity index is 607. The molecule has 0 radical (unpaired) electrons. The predicted molar refractivity (Wildman–Crippen MR) is 90.4 cm³/mol. The van der Waals surface area contributed by atoms with Crippen molar-refractivity contribution in [2.75, 3.05) is 6.54 Å². The van der Waals surface area contributed by atoms with Gasteiger partial charge in [-0.2, -0.15) is 0 Å². The first-order chi connectivity index (χ1) is 10.2. The molecule has 0 bridgehead atoms. The van der Waals surface area contributed by atoms with Gasteiger partial charge in [0.05, 0.1) is 0 Å². The van der Waals surface area contributed by atoms with Crippen LogP contribution in [0.3, 0.4) is 0 Å². The SMILES string of the molecule is CCC1CCC(C)N1C(CN)c1ccc2ccccc2c1. The van der Waals surface area contributed by atoms with Gasteiger partial charge in [-0.3, -0.25) is 4.90 Å². The lowest BCUT2D eigenvalue weighted by Crippen LogP contribution is -2.41. The summed E-state index contributed by atoms with van der Waals surface area (Å²) >= 11 is 0. The molecule has 2 heteroatoms. The summed E-state index contributed by atoms with van der Waals surface area (Å²) in [6, 6.07) is 17.0. The number of fused-ring (bicyclic) bond motifs is 1. The van der Waals surface area contributed by atoms with E-state index in [1.165, 1.54) is 35.6 Å². The molecule has 1 fully saturated rings. The number of likely N-dealkylation sites (tertiary alicyclic amines) is 1. The number of benzene rings is 2. The van der Waals surface area contributed by atoms with Crippen LogP contribution in [0.2, 0.25) is 0 Å². The largest absolute Gasteiger partial charge is 0.329 e. The van der Waals surface area contributed by atoms with Crippen molar-refractivity contribution in [3.63, 3.8) is 0 Å². The molecule has 2 aromatic rings. The summed E-state index contributed by atoms with van der Waals surface area (Å²) in [7, 11) is 0. The molecule has 1 heterocycles. The van der Waals surface area contributed by atoms with E-state index in [9.17, 15) is 0 Å². The molecule has 0 amide bonds. The minimum atomic E-state index is 0.344. The summed E-state index contributed by atoms with van der Waals surface area (Å²) in [5.41, 5.74) is 7.53. The molecule has 3 unspecified atom stereocenters. The van der Waals surface area contributed by atoms with Crippen molar-refractivity contribution in [2.45, 2.75) is 51.2 Å². The van der Waals surface area contributed by atoms with Crippen LogP contribution in [0.1, 0.15) is 44.7 Å². The molecule has 1 aliphatic rings. The molecule has 112 valence electrons. The van der Waals surface area contributed by atoms with E-state index in [1.807, 2.05) is 0 Å². The van der Waals surface area contributed by atoms with Crippen LogP contribution in [-0.2, 0) is 0 Å². The summed E-state index contributed by atoms with van der Waals surface area (Å²) in [6.45, 7) is 5.34. The third-order valence-corrected chi connectivity index (χ3v) is 5.06. The van der Waals surface area contributed by atoms with Crippen LogP contribution in [0.4, 0.5) is 0 Å². The average Bonchev–Trinajstić information content (AvgIpc) is 2.89. The van der Waals surface area contributed by atoms with Crippen molar-refractivity contribution in [1.82, 2.24) is 4.90 Å². The van der Waals surface area contributed by atoms with Crippen LogP contribution in [0.15, 0.2) is 42.5 Å². The highest BCUT2D eigenvalue weighted by atomic mass is 15.2. The van der Waals surface area contributed by atoms with Crippen LogP contribution in [0, 0.1) is 0 Å². The summed E-state index contributed by atoms with van der Waals surface area (Å²) in [5.74, 6) is 0. The van der Waals surface area contributed by atoms with Crippen molar-refractivity contribution < 1.29 is 0 Å². The van der Waals surface area contributed by atoms with Crippen molar-refractivity contribution in [2.24, 2.45) is 5.73 Å². The molecule has 1 aliphatic heterocycles. The molecule has 0 aromatic heterocycles. The van der Waals surface area contributed by atoms with Gasteiger partial charge in [-0.1, -0.05) is 43.3 Å². The number of hydrogen-bond donors (Lipinski definition) is 1. The second-order valence-electron chi connectivity index (χ2n) is 6.29. The lowest BCUT2D eigenvalue weighted by molar-refractivity contribution is 0.137. The maximum absolute atomic E-state index is 6.17. The van der Waals surface area contributed by atoms with Crippen LogP contribution in [-0.4, -0.2) is 23.5 Å². The van der Waals surface area contributed by atoms with Crippen molar-refractivity contribution in [3.8, 4) is 0 Å². The van der Waals surface area contributed by atoms with Crippen LogP contribution >= 0.6 is 0 Å². The number of nitrogens with zero attached hydrogens (tertiary/aromatic N) is 1. The van der Waals surface area contributed by atoms with E-state index in [0.29, 0.717) is 24.7 Å². The first kappa shape index (κ1) is 14.6. The molecule has 0 aliphatic carbocycles. The van der Waals surface area contributed by atoms with Gasteiger partial charge in [-0.25, -0.2) is 0 Å². The number of rotatable bonds is 4. The Morgan fingerprint density at radius 3 is 2.62 bits per heavy atom. The van der Waals surface area contributed by atoms with E-state index in [-0.39, 0.29) is 0 Å². The third kappa shape index (κ3) is 2.70. The molecule has 2 nitrogen and oxygen atoms in total. The zero-order valence-electron chi connectivity index (χ0n) is 13.1. The van der Waals surface area contributed by atoms with Gasteiger partial charge >= 0.3 is 0 Å². The van der Waals surface area contributed by atoms with Crippen molar-refractivity contribution >= 4 is 10.8 Å². The summed E-state index contributed by atoms with van der Waals surface area (Å²) in [4.78, 5) is 2.66. The maximum Gasteiger partial charge on any atom is 0.0476 e. The van der Waals surface area contributed by atoms with Crippen LogP contribution in [0.25, 0.3) is 10.8 Å². The molecular formula is C19H26N2. The fourth-order valence-electron chi connectivity index (χ4n) is 3.91. The van der Waals surface area contributed by atoms with Gasteiger partial charge in [-0.05, 0) is 48.6 Å². The van der Waals surface area contributed by atoms with E-state index < -0.39 is 0 Å². The molecule has 21 heavy (non-hydrogen) atoms. The Labute approximate surface area is 127 Å². The second-order valence-corrected chi connectivity index (χ2v) is 6.29. The number of nitrogens with two attached hydrogens (primary N) is 1. The topological polar surface area (TPSA) is 29.3 Å². The number of hydrogen-bond acceptors (Lipinski definition) is 2. The summed E-state index contributed by atoms with van der Waals surface area (Å²) < 4.78 is 0. The maximum atomic E-state index is 6.17. The normalized spacial score (nSPS) is 24.5.